The van der Waals surface area contributed by atoms with Crippen LogP contribution in [0.4, 0.5) is 0 Å². The zero-order valence-corrected chi connectivity index (χ0v) is 16.8. The van der Waals surface area contributed by atoms with Crippen LogP contribution < -0.4 is 0 Å². The molecule has 0 fully saturated rings. The molecular weight excluding hydrogens is 361 g/mol. The maximum Gasteiger partial charge on any atom is 0 e. The molecule has 22 heavy (non-hydrogen) atoms. The Bertz CT molecular complexity index is 586. The summed E-state index contributed by atoms with van der Waals surface area (Å²) in [5.74, 6) is 1.77. The second-order valence-corrected chi connectivity index (χ2v) is 6.10. The molecule has 0 atom stereocenters. The fourth-order valence-corrected chi connectivity index (χ4v) is 2.43. The van der Waals surface area contributed by atoms with Gasteiger partial charge in [-0.25, -0.2) is 6.08 Å². The summed E-state index contributed by atoms with van der Waals surface area (Å²) in [4.78, 5) is 0. The summed E-state index contributed by atoms with van der Waals surface area (Å²) in [7, 11) is 0. The third-order valence-corrected chi connectivity index (χ3v) is 3.96. The van der Waals surface area contributed by atoms with Gasteiger partial charge in [-0.15, -0.1) is 29.8 Å². The van der Waals surface area contributed by atoms with Crippen LogP contribution in [0.5, 0.6) is 0 Å². The first-order valence-corrected chi connectivity index (χ1v) is 8.19. The van der Waals surface area contributed by atoms with Gasteiger partial charge in [-0.1, -0.05) is 50.2 Å². The van der Waals surface area contributed by atoms with Crippen molar-refractivity contribution in [2.45, 2.75) is 13.8 Å². The number of benzene rings is 2. The smallest absolute Gasteiger partial charge is 0 e. The topological polar surface area (TPSA) is 0 Å². The van der Waals surface area contributed by atoms with Gasteiger partial charge in [0.1, 0.15) is 0 Å². The summed E-state index contributed by atoms with van der Waals surface area (Å²) >= 11 is 1.73. The maximum atomic E-state index is 3.47. The van der Waals surface area contributed by atoms with Crippen molar-refractivity contribution in [3.8, 4) is 0 Å². The Morgan fingerprint density at radius 3 is 2.18 bits per heavy atom. The van der Waals surface area contributed by atoms with Gasteiger partial charge in [-0.3, -0.25) is 28.8 Å². The molecule has 0 saturated heterocycles. The molecule has 0 amide bonds. The quantitative estimate of drug-likeness (QED) is 0.355. The predicted molar refractivity (Wildman–Crippen MR) is 93.7 cm³/mol. The van der Waals surface area contributed by atoms with Gasteiger partial charge >= 0.3 is 0 Å². The zero-order valence-electron chi connectivity index (χ0n) is 13.1. The van der Waals surface area contributed by atoms with Crippen LogP contribution in [0.15, 0.2) is 66.7 Å². The molecular formula is C20H20SY-2. The van der Waals surface area contributed by atoms with Crippen LogP contribution >= 0.6 is 11.8 Å². The van der Waals surface area contributed by atoms with Crippen LogP contribution in [-0.2, 0) is 32.7 Å². The van der Waals surface area contributed by atoms with Crippen molar-refractivity contribution in [1.29, 1.82) is 0 Å². The van der Waals surface area contributed by atoms with E-state index in [0.717, 1.165) is 16.9 Å². The van der Waals surface area contributed by atoms with Crippen LogP contribution in [0.1, 0.15) is 25.0 Å². The Hall–Kier alpha value is -0.626. The van der Waals surface area contributed by atoms with Crippen molar-refractivity contribution in [2.24, 2.45) is 5.92 Å². The molecule has 0 aliphatic carbocycles. The van der Waals surface area contributed by atoms with E-state index in [1.807, 2.05) is 30.3 Å². The maximum absolute atomic E-state index is 3.47. The molecule has 2 rings (SSSR count). The van der Waals surface area contributed by atoms with Gasteiger partial charge in [0.2, 0.25) is 0 Å². The number of hydrogen-bond donors (Lipinski definition) is 0. The van der Waals surface area contributed by atoms with Crippen molar-refractivity contribution in [3.63, 3.8) is 0 Å². The molecule has 0 aliphatic heterocycles. The second kappa shape index (κ2) is 11.0. The summed E-state index contributed by atoms with van der Waals surface area (Å²) < 4.78 is 0. The van der Waals surface area contributed by atoms with E-state index in [4.69, 9.17) is 0 Å². The predicted octanol–water partition coefficient (Wildman–Crippen LogP) is 5.63. The van der Waals surface area contributed by atoms with Crippen LogP contribution in [-0.4, -0.2) is 5.75 Å². The van der Waals surface area contributed by atoms with E-state index in [9.17, 15) is 0 Å². The number of allylic oxidation sites excluding steroid dienone is 2. The molecule has 0 spiro atoms. The third kappa shape index (κ3) is 7.09. The molecule has 0 N–H and O–H groups in total. The Morgan fingerprint density at radius 1 is 1.00 bits per heavy atom. The third-order valence-electron chi connectivity index (χ3n) is 2.84. The first kappa shape index (κ1) is 19.4. The van der Waals surface area contributed by atoms with Crippen molar-refractivity contribution >= 4 is 17.3 Å². The van der Waals surface area contributed by atoms with E-state index in [2.05, 4.69) is 61.7 Å². The van der Waals surface area contributed by atoms with E-state index < -0.39 is 0 Å². The first-order valence-electron chi connectivity index (χ1n) is 7.20. The number of thioether (sulfide) groups is 1. The second-order valence-electron chi connectivity index (χ2n) is 5.24. The standard InChI is InChI=1S/C20H20S.Y/c1-17(2)16-21-14-13-20(19-11-7-4-8-12-19)15-18-9-5-3-6-10-18;/h3-13,17H,16H2,1-2H3;/q-2;. The molecule has 0 heterocycles. The summed E-state index contributed by atoms with van der Waals surface area (Å²) in [6, 6.07) is 20.6. The van der Waals surface area contributed by atoms with Crippen molar-refractivity contribution in [1.82, 2.24) is 0 Å². The number of hydrogen-bond acceptors (Lipinski definition) is 1. The molecule has 0 aromatic heterocycles. The van der Waals surface area contributed by atoms with Gasteiger partial charge in [-0.2, -0.15) is 5.56 Å². The SMILES string of the molecule is CC(C)CS[C-]=CC(=[C-]c1ccccc1)c1ccccc1.[Y]. The van der Waals surface area contributed by atoms with Crippen molar-refractivity contribution in [3.05, 3.63) is 89.4 Å². The van der Waals surface area contributed by atoms with Crippen LogP contribution in [0.25, 0.3) is 5.57 Å². The molecule has 0 nitrogen and oxygen atoms in total. The van der Waals surface area contributed by atoms with Gasteiger partial charge in [0, 0.05) is 32.7 Å². The minimum Gasteiger partial charge on any atom is -0.286 e. The Labute approximate surface area is 164 Å². The summed E-state index contributed by atoms with van der Waals surface area (Å²) in [5, 5.41) is 3.33. The summed E-state index contributed by atoms with van der Waals surface area (Å²) in [6.07, 6.45) is 5.51. The van der Waals surface area contributed by atoms with Crippen LogP contribution in [0.2, 0.25) is 0 Å². The van der Waals surface area contributed by atoms with E-state index >= 15 is 0 Å². The largest absolute Gasteiger partial charge is 0.286 e. The van der Waals surface area contributed by atoms with E-state index in [0.29, 0.717) is 5.92 Å². The zero-order chi connectivity index (χ0) is 14.9. The van der Waals surface area contributed by atoms with E-state index in [-0.39, 0.29) is 32.7 Å². The van der Waals surface area contributed by atoms with Gasteiger partial charge in [0.15, 0.2) is 0 Å². The average molecular weight is 381 g/mol. The molecule has 2 aromatic carbocycles. The molecule has 0 bridgehead atoms. The molecule has 2 heteroatoms. The van der Waals surface area contributed by atoms with Crippen LogP contribution in [0.3, 0.4) is 0 Å². The molecule has 0 unspecified atom stereocenters. The minimum atomic E-state index is 0. The minimum absolute atomic E-state index is 0. The van der Waals surface area contributed by atoms with E-state index in [1.165, 1.54) is 5.56 Å². The van der Waals surface area contributed by atoms with E-state index in [1.54, 1.807) is 11.8 Å². The Morgan fingerprint density at radius 2 is 1.59 bits per heavy atom. The van der Waals surface area contributed by atoms with Gasteiger partial charge in [0.05, 0.1) is 0 Å². The number of rotatable bonds is 6. The Kier molecular flexibility index (Phi) is 9.71. The fourth-order valence-electron chi connectivity index (χ4n) is 1.80. The molecule has 2 aromatic rings. The van der Waals surface area contributed by atoms with Gasteiger partial charge < -0.3 is 0 Å². The van der Waals surface area contributed by atoms with Gasteiger partial charge in [-0.05, 0) is 11.7 Å². The van der Waals surface area contributed by atoms with Crippen molar-refractivity contribution < 1.29 is 32.7 Å². The normalized spacial score (nSPS) is 11.7. The molecule has 1 radical (unpaired) electrons. The van der Waals surface area contributed by atoms with Gasteiger partial charge in [0.25, 0.3) is 0 Å². The fraction of sp³-hybridized carbons (Fsp3) is 0.200. The average Bonchev–Trinajstić information content (AvgIpc) is 2.52. The van der Waals surface area contributed by atoms with Crippen LogP contribution in [0, 0.1) is 17.4 Å². The first-order chi connectivity index (χ1) is 10.3. The summed E-state index contributed by atoms with van der Waals surface area (Å²) in [6.45, 7) is 4.44. The summed E-state index contributed by atoms with van der Waals surface area (Å²) in [5.41, 5.74) is 3.32. The van der Waals surface area contributed by atoms with Crippen molar-refractivity contribution in [2.75, 3.05) is 5.75 Å². The molecule has 0 aliphatic rings. The molecule has 111 valence electrons. The molecule has 0 saturated carbocycles. The monoisotopic (exact) mass is 381 g/mol. The Balaban J connectivity index is 0.00000242.